The average molecular weight is 247 g/mol. The Morgan fingerprint density at radius 3 is 3.00 bits per heavy atom. The van der Waals surface area contributed by atoms with E-state index in [0.717, 1.165) is 18.7 Å². The third kappa shape index (κ3) is 3.30. The molecule has 96 valence electrons. The Morgan fingerprint density at radius 1 is 1.39 bits per heavy atom. The third-order valence-corrected chi connectivity index (χ3v) is 2.46. The Bertz CT molecular complexity index is 496. The first kappa shape index (κ1) is 12.6. The van der Waals surface area contributed by atoms with Gasteiger partial charge in [0, 0.05) is 13.0 Å². The molecule has 0 unspecified atom stereocenters. The predicted molar refractivity (Wildman–Crippen MR) is 67.2 cm³/mol. The Hall–Kier alpha value is -1.88. The molecule has 0 saturated carbocycles. The molecule has 0 radical (unpaired) electrons. The molecular formula is C13H17N3O2. The number of rotatable bonds is 6. The molecular weight excluding hydrogens is 230 g/mol. The lowest BCUT2D eigenvalue weighted by molar-refractivity contribution is 0.285. The third-order valence-electron chi connectivity index (χ3n) is 2.46. The number of hydrogen-bond donors (Lipinski definition) is 1. The number of nitrogens with zero attached hydrogens (tertiary/aromatic N) is 2. The second-order valence-electron chi connectivity index (χ2n) is 3.92. The molecule has 0 atom stereocenters. The Labute approximate surface area is 106 Å². The first-order valence-corrected chi connectivity index (χ1v) is 5.99. The van der Waals surface area contributed by atoms with Gasteiger partial charge >= 0.3 is 0 Å². The van der Waals surface area contributed by atoms with Crippen LogP contribution in [0.2, 0.25) is 0 Å². The van der Waals surface area contributed by atoms with Crippen LogP contribution < -0.4 is 10.1 Å². The number of benzene rings is 1. The highest BCUT2D eigenvalue weighted by atomic mass is 16.5. The fourth-order valence-electron chi connectivity index (χ4n) is 1.59. The average Bonchev–Trinajstić information content (AvgIpc) is 2.85. The van der Waals surface area contributed by atoms with Crippen molar-refractivity contribution in [3.05, 3.63) is 41.5 Å². The van der Waals surface area contributed by atoms with E-state index in [4.69, 9.17) is 9.26 Å². The number of aryl methyl sites for hydroxylation is 1. The topological polar surface area (TPSA) is 60.2 Å². The van der Waals surface area contributed by atoms with E-state index in [1.165, 1.54) is 5.56 Å². The number of hydrogen-bond acceptors (Lipinski definition) is 5. The van der Waals surface area contributed by atoms with Crippen LogP contribution in [0.15, 0.2) is 28.8 Å². The van der Waals surface area contributed by atoms with Crippen molar-refractivity contribution in [3.63, 3.8) is 0 Å². The lowest BCUT2D eigenvalue weighted by Crippen LogP contribution is -2.05. The lowest BCUT2D eigenvalue weighted by Gasteiger charge is -2.05. The van der Waals surface area contributed by atoms with Crippen LogP contribution in [0, 0.1) is 0 Å². The van der Waals surface area contributed by atoms with Crippen LogP contribution in [-0.2, 0) is 19.6 Å². The lowest BCUT2D eigenvalue weighted by atomic mass is 10.2. The minimum absolute atomic E-state index is 0.326. The second-order valence-corrected chi connectivity index (χ2v) is 3.92. The molecule has 1 N–H and O–H groups in total. The van der Waals surface area contributed by atoms with E-state index in [2.05, 4.69) is 15.5 Å². The molecule has 5 heteroatoms. The van der Waals surface area contributed by atoms with Gasteiger partial charge in [0.15, 0.2) is 6.61 Å². The van der Waals surface area contributed by atoms with E-state index in [1.807, 2.05) is 38.2 Å². The van der Waals surface area contributed by atoms with Gasteiger partial charge in [0.1, 0.15) is 5.75 Å². The van der Waals surface area contributed by atoms with Gasteiger partial charge in [-0.1, -0.05) is 24.2 Å². The van der Waals surface area contributed by atoms with Crippen molar-refractivity contribution in [2.75, 3.05) is 7.05 Å². The Balaban J connectivity index is 1.94. The maximum Gasteiger partial charge on any atom is 0.226 e. The monoisotopic (exact) mass is 247 g/mol. The fourth-order valence-corrected chi connectivity index (χ4v) is 1.59. The SMILES string of the molecule is CCc1nc(COc2cccc(CNC)c2)no1. The van der Waals surface area contributed by atoms with E-state index in [9.17, 15) is 0 Å². The van der Waals surface area contributed by atoms with E-state index in [-0.39, 0.29) is 0 Å². The molecule has 0 saturated heterocycles. The summed E-state index contributed by atoms with van der Waals surface area (Å²) in [6.45, 7) is 3.12. The zero-order valence-corrected chi connectivity index (χ0v) is 10.6. The first-order chi connectivity index (χ1) is 8.81. The summed E-state index contributed by atoms with van der Waals surface area (Å²) in [4.78, 5) is 4.19. The van der Waals surface area contributed by atoms with Crippen LogP contribution in [0.25, 0.3) is 0 Å². The largest absolute Gasteiger partial charge is 0.485 e. The molecule has 1 aromatic carbocycles. The van der Waals surface area contributed by atoms with Crippen LogP contribution in [-0.4, -0.2) is 17.2 Å². The summed E-state index contributed by atoms with van der Waals surface area (Å²) < 4.78 is 10.6. The van der Waals surface area contributed by atoms with Crippen molar-refractivity contribution >= 4 is 0 Å². The van der Waals surface area contributed by atoms with Gasteiger partial charge in [0.25, 0.3) is 0 Å². The molecule has 5 nitrogen and oxygen atoms in total. The van der Waals surface area contributed by atoms with Crippen molar-refractivity contribution in [2.45, 2.75) is 26.5 Å². The summed E-state index contributed by atoms with van der Waals surface area (Å²) in [6, 6.07) is 7.93. The molecule has 1 aromatic heterocycles. The maximum absolute atomic E-state index is 5.62. The van der Waals surface area contributed by atoms with Crippen molar-refractivity contribution in [3.8, 4) is 5.75 Å². The second kappa shape index (κ2) is 6.16. The molecule has 0 aliphatic carbocycles. The van der Waals surface area contributed by atoms with Gasteiger partial charge < -0.3 is 14.6 Å². The summed E-state index contributed by atoms with van der Waals surface area (Å²) in [5.41, 5.74) is 1.18. The van der Waals surface area contributed by atoms with Gasteiger partial charge in [0.2, 0.25) is 11.7 Å². The fraction of sp³-hybridized carbons (Fsp3) is 0.385. The molecule has 0 spiro atoms. The minimum Gasteiger partial charge on any atom is -0.485 e. The number of aromatic nitrogens is 2. The van der Waals surface area contributed by atoms with Crippen molar-refractivity contribution in [1.82, 2.24) is 15.5 Å². The summed E-state index contributed by atoms with van der Waals surface area (Å²) >= 11 is 0. The summed E-state index contributed by atoms with van der Waals surface area (Å²) in [6.07, 6.45) is 0.741. The van der Waals surface area contributed by atoms with Gasteiger partial charge in [-0.25, -0.2) is 0 Å². The molecule has 0 fully saturated rings. The zero-order chi connectivity index (χ0) is 12.8. The zero-order valence-electron chi connectivity index (χ0n) is 10.6. The summed E-state index contributed by atoms with van der Waals surface area (Å²) in [5.74, 6) is 2.02. The van der Waals surface area contributed by atoms with Gasteiger partial charge in [-0.2, -0.15) is 4.98 Å². The van der Waals surface area contributed by atoms with Crippen LogP contribution in [0.4, 0.5) is 0 Å². The van der Waals surface area contributed by atoms with Crippen molar-refractivity contribution in [1.29, 1.82) is 0 Å². The van der Waals surface area contributed by atoms with Crippen LogP contribution >= 0.6 is 0 Å². The number of nitrogens with one attached hydrogen (secondary N) is 1. The predicted octanol–water partition coefficient (Wildman–Crippen LogP) is 1.93. The van der Waals surface area contributed by atoms with E-state index >= 15 is 0 Å². The highest BCUT2D eigenvalue weighted by Crippen LogP contribution is 2.14. The molecule has 1 heterocycles. The smallest absolute Gasteiger partial charge is 0.226 e. The van der Waals surface area contributed by atoms with E-state index < -0.39 is 0 Å². The highest BCUT2D eigenvalue weighted by Gasteiger charge is 2.05. The minimum atomic E-state index is 0.326. The molecule has 0 aliphatic rings. The highest BCUT2D eigenvalue weighted by molar-refractivity contribution is 5.28. The molecule has 18 heavy (non-hydrogen) atoms. The number of ether oxygens (including phenoxy) is 1. The van der Waals surface area contributed by atoms with Gasteiger partial charge in [-0.3, -0.25) is 0 Å². The molecule has 2 aromatic rings. The standard InChI is InChI=1S/C13H17N3O2/c1-3-13-15-12(16-18-13)9-17-11-6-4-5-10(7-11)8-14-2/h4-7,14H,3,8-9H2,1-2H3. The molecule has 0 aliphatic heterocycles. The normalized spacial score (nSPS) is 10.6. The van der Waals surface area contributed by atoms with Crippen molar-refractivity contribution < 1.29 is 9.26 Å². The summed E-state index contributed by atoms with van der Waals surface area (Å²) in [7, 11) is 1.92. The Morgan fingerprint density at radius 2 is 2.28 bits per heavy atom. The van der Waals surface area contributed by atoms with Crippen molar-refractivity contribution in [2.24, 2.45) is 0 Å². The van der Waals surface area contributed by atoms with Gasteiger partial charge in [-0.05, 0) is 24.7 Å². The van der Waals surface area contributed by atoms with Crippen LogP contribution in [0.1, 0.15) is 24.2 Å². The van der Waals surface area contributed by atoms with Crippen LogP contribution in [0.5, 0.6) is 5.75 Å². The summed E-state index contributed by atoms with van der Waals surface area (Å²) in [5, 5.41) is 6.94. The quantitative estimate of drug-likeness (QED) is 0.845. The first-order valence-electron chi connectivity index (χ1n) is 5.99. The van der Waals surface area contributed by atoms with E-state index in [1.54, 1.807) is 0 Å². The molecule has 2 rings (SSSR count). The molecule has 0 amide bonds. The van der Waals surface area contributed by atoms with Gasteiger partial charge in [-0.15, -0.1) is 0 Å². The molecule has 0 bridgehead atoms. The van der Waals surface area contributed by atoms with Crippen LogP contribution in [0.3, 0.4) is 0 Å². The maximum atomic E-state index is 5.62. The van der Waals surface area contributed by atoms with E-state index in [0.29, 0.717) is 18.3 Å². The Kier molecular flexibility index (Phi) is 4.30. The van der Waals surface area contributed by atoms with Gasteiger partial charge in [0.05, 0.1) is 0 Å².